The van der Waals surface area contributed by atoms with E-state index in [1.807, 2.05) is 0 Å². The van der Waals surface area contributed by atoms with Crippen LogP contribution in [0.25, 0.3) is 0 Å². The lowest BCUT2D eigenvalue weighted by Crippen LogP contribution is -2.40. The van der Waals surface area contributed by atoms with Gasteiger partial charge in [0.25, 0.3) is 0 Å². The number of benzene rings is 1. The number of carbonyl (C=O) groups is 1. The maximum Gasteiger partial charge on any atom is 0.415 e. The van der Waals surface area contributed by atoms with Crippen LogP contribution in [0.15, 0.2) is 24.3 Å². The summed E-state index contributed by atoms with van der Waals surface area (Å²) >= 11 is 5.78. The number of likely N-dealkylation sites (tertiary alicyclic amines) is 1. The quantitative estimate of drug-likeness (QED) is 0.812. The Balaban J connectivity index is 1.87. The van der Waals surface area contributed by atoms with Gasteiger partial charge in [0.2, 0.25) is 0 Å². The van der Waals surface area contributed by atoms with Gasteiger partial charge in [0, 0.05) is 18.1 Å². The Morgan fingerprint density at radius 3 is 2.50 bits per heavy atom. The second-order valence-electron chi connectivity index (χ2n) is 4.66. The lowest BCUT2D eigenvalue weighted by atomic mass is 9.95. The van der Waals surface area contributed by atoms with Crippen molar-refractivity contribution in [1.82, 2.24) is 4.90 Å². The summed E-state index contributed by atoms with van der Waals surface area (Å²) in [5.41, 5.74) is 0. The molecule has 0 unspecified atom stereocenters. The van der Waals surface area contributed by atoms with Crippen LogP contribution in [0.3, 0.4) is 0 Å². The van der Waals surface area contributed by atoms with Gasteiger partial charge in [-0.25, -0.2) is 4.79 Å². The highest BCUT2D eigenvalue weighted by atomic mass is 35.5. The van der Waals surface area contributed by atoms with E-state index in [0.717, 1.165) is 31.8 Å². The van der Waals surface area contributed by atoms with Crippen LogP contribution in [0, 0.1) is 5.92 Å². The molecule has 1 aliphatic heterocycles. The molecule has 0 N–H and O–H groups in total. The second-order valence-corrected chi connectivity index (χ2v) is 5.10. The molecular weight excluding hydrogens is 250 g/mol. The van der Waals surface area contributed by atoms with E-state index in [-0.39, 0.29) is 6.09 Å². The third-order valence-electron chi connectivity index (χ3n) is 3.47. The molecule has 1 aromatic rings. The van der Waals surface area contributed by atoms with Crippen molar-refractivity contribution in [3.05, 3.63) is 29.3 Å². The van der Waals surface area contributed by atoms with Crippen molar-refractivity contribution in [3.63, 3.8) is 0 Å². The van der Waals surface area contributed by atoms with Gasteiger partial charge in [0.15, 0.2) is 0 Å². The fourth-order valence-electron chi connectivity index (χ4n) is 2.19. The summed E-state index contributed by atoms with van der Waals surface area (Å²) in [5.74, 6) is 1.30. The van der Waals surface area contributed by atoms with Crippen molar-refractivity contribution in [2.24, 2.45) is 5.92 Å². The number of amides is 1. The molecule has 1 aliphatic rings. The van der Waals surface area contributed by atoms with Crippen LogP contribution < -0.4 is 4.74 Å². The number of hydrogen-bond acceptors (Lipinski definition) is 2. The zero-order valence-electron chi connectivity index (χ0n) is 10.6. The van der Waals surface area contributed by atoms with Crippen molar-refractivity contribution in [1.29, 1.82) is 0 Å². The van der Waals surface area contributed by atoms with Gasteiger partial charge in [-0.2, -0.15) is 0 Å². The minimum atomic E-state index is -0.258. The van der Waals surface area contributed by atoms with E-state index in [2.05, 4.69) is 6.92 Å². The van der Waals surface area contributed by atoms with Gasteiger partial charge in [-0.3, -0.25) is 0 Å². The predicted octanol–water partition coefficient (Wildman–Crippen LogP) is 3.96. The van der Waals surface area contributed by atoms with Gasteiger partial charge in [0.1, 0.15) is 5.75 Å². The molecule has 1 fully saturated rings. The lowest BCUT2D eigenvalue weighted by molar-refractivity contribution is 0.130. The number of piperidine rings is 1. The molecule has 0 bridgehead atoms. The molecule has 2 rings (SSSR count). The number of carbonyl (C=O) groups excluding carboxylic acids is 1. The third-order valence-corrected chi connectivity index (χ3v) is 3.72. The van der Waals surface area contributed by atoms with E-state index in [1.165, 1.54) is 6.42 Å². The number of halogens is 1. The Morgan fingerprint density at radius 2 is 1.94 bits per heavy atom. The molecule has 18 heavy (non-hydrogen) atoms. The molecule has 98 valence electrons. The number of nitrogens with zero attached hydrogens (tertiary/aromatic N) is 1. The largest absolute Gasteiger partial charge is 0.415 e. The first kappa shape index (κ1) is 13.2. The summed E-state index contributed by atoms with van der Waals surface area (Å²) in [7, 11) is 0. The number of hydrogen-bond donors (Lipinski definition) is 0. The van der Waals surface area contributed by atoms with Gasteiger partial charge in [-0.15, -0.1) is 0 Å². The van der Waals surface area contributed by atoms with Crippen LogP contribution in [0.2, 0.25) is 5.02 Å². The third kappa shape index (κ3) is 3.39. The van der Waals surface area contributed by atoms with E-state index in [1.54, 1.807) is 29.2 Å². The molecule has 1 amide bonds. The van der Waals surface area contributed by atoms with E-state index < -0.39 is 0 Å². The molecule has 1 heterocycles. The Labute approximate surface area is 113 Å². The summed E-state index contributed by atoms with van der Waals surface area (Å²) in [6.45, 7) is 3.79. The van der Waals surface area contributed by atoms with Crippen LogP contribution in [-0.4, -0.2) is 24.1 Å². The van der Waals surface area contributed by atoms with E-state index in [9.17, 15) is 4.79 Å². The standard InChI is InChI=1S/C14H18ClNO2/c1-2-11-7-9-16(10-8-11)14(17)18-13-5-3-12(15)4-6-13/h3-6,11H,2,7-10H2,1H3. The first-order valence-corrected chi connectivity index (χ1v) is 6.79. The van der Waals surface area contributed by atoms with Gasteiger partial charge < -0.3 is 9.64 Å². The highest BCUT2D eigenvalue weighted by molar-refractivity contribution is 6.30. The summed E-state index contributed by atoms with van der Waals surface area (Å²) in [4.78, 5) is 13.7. The molecular formula is C14H18ClNO2. The maximum atomic E-state index is 11.9. The van der Waals surface area contributed by atoms with Gasteiger partial charge in [0.05, 0.1) is 0 Å². The zero-order chi connectivity index (χ0) is 13.0. The Kier molecular flexibility index (Phi) is 4.48. The fraction of sp³-hybridized carbons (Fsp3) is 0.500. The molecule has 0 saturated carbocycles. The SMILES string of the molecule is CCC1CCN(C(=O)Oc2ccc(Cl)cc2)CC1. The van der Waals surface area contributed by atoms with Crippen LogP contribution in [0.5, 0.6) is 5.75 Å². The van der Waals surface area contributed by atoms with Gasteiger partial charge in [-0.05, 0) is 43.0 Å². The number of ether oxygens (including phenoxy) is 1. The lowest BCUT2D eigenvalue weighted by Gasteiger charge is -2.30. The number of rotatable bonds is 2. The fourth-order valence-corrected chi connectivity index (χ4v) is 2.32. The monoisotopic (exact) mass is 267 g/mol. The van der Waals surface area contributed by atoms with Crippen molar-refractivity contribution in [3.8, 4) is 5.75 Å². The predicted molar refractivity (Wildman–Crippen MR) is 72.1 cm³/mol. The van der Waals surface area contributed by atoms with Gasteiger partial charge >= 0.3 is 6.09 Å². The molecule has 1 aromatic carbocycles. The first-order valence-electron chi connectivity index (χ1n) is 6.41. The Bertz CT molecular complexity index is 397. The van der Waals surface area contributed by atoms with Crippen LogP contribution in [0.4, 0.5) is 4.79 Å². The van der Waals surface area contributed by atoms with Crippen LogP contribution in [0.1, 0.15) is 26.2 Å². The van der Waals surface area contributed by atoms with Crippen LogP contribution >= 0.6 is 11.6 Å². The Morgan fingerprint density at radius 1 is 1.33 bits per heavy atom. The summed E-state index contributed by atoms with van der Waals surface area (Å²) in [6.07, 6.45) is 3.09. The molecule has 0 atom stereocenters. The summed E-state index contributed by atoms with van der Waals surface area (Å²) in [6, 6.07) is 6.85. The highest BCUT2D eigenvalue weighted by Crippen LogP contribution is 2.21. The Hall–Kier alpha value is -1.22. The van der Waals surface area contributed by atoms with Crippen molar-refractivity contribution in [2.45, 2.75) is 26.2 Å². The average molecular weight is 268 g/mol. The molecule has 3 nitrogen and oxygen atoms in total. The van der Waals surface area contributed by atoms with E-state index in [4.69, 9.17) is 16.3 Å². The van der Waals surface area contributed by atoms with E-state index in [0.29, 0.717) is 10.8 Å². The summed E-state index contributed by atoms with van der Waals surface area (Å²) in [5, 5.41) is 0.638. The second kappa shape index (κ2) is 6.10. The van der Waals surface area contributed by atoms with E-state index >= 15 is 0 Å². The molecule has 0 aliphatic carbocycles. The highest BCUT2D eigenvalue weighted by Gasteiger charge is 2.22. The topological polar surface area (TPSA) is 29.5 Å². The smallest absolute Gasteiger partial charge is 0.410 e. The van der Waals surface area contributed by atoms with Crippen molar-refractivity contribution >= 4 is 17.7 Å². The normalized spacial score (nSPS) is 16.7. The molecule has 0 radical (unpaired) electrons. The average Bonchev–Trinajstić information content (AvgIpc) is 2.41. The molecule has 4 heteroatoms. The molecule has 0 aromatic heterocycles. The maximum absolute atomic E-state index is 11.9. The first-order chi connectivity index (χ1) is 8.69. The zero-order valence-corrected chi connectivity index (χ0v) is 11.3. The van der Waals surface area contributed by atoms with Crippen molar-refractivity contribution in [2.75, 3.05) is 13.1 Å². The molecule has 0 spiro atoms. The van der Waals surface area contributed by atoms with Crippen LogP contribution in [-0.2, 0) is 0 Å². The summed E-state index contributed by atoms with van der Waals surface area (Å²) < 4.78 is 5.31. The molecule has 1 saturated heterocycles. The minimum Gasteiger partial charge on any atom is -0.410 e. The minimum absolute atomic E-state index is 0.258. The van der Waals surface area contributed by atoms with Gasteiger partial charge in [-0.1, -0.05) is 24.9 Å². The van der Waals surface area contributed by atoms with Crippen molar-refractivity contribution < 1.29 is 9.53 Å².